The molecular formula is C14H17F2N3O2S2. The largest absolute Gasteiger partial charge is 0.348 e. The summed E-state index contributed by atoms with van der Waals surface area (Å²) in [6.45, 7) is 1.27. The number of piperidine rings is 1. The molecule has 0 bridgehead atoms. The summed E-state index contributed by atoms with van der Waals surface area (Å²) in [5.74, 6) is -1.27. The van der Waals surface area contributed by atoms with Crippen molar-refractivity contribution < 1.29 is 17.2 Å². The number of nitrogens with zero attached hydrogens (tertiary/aromatic N) is 3. The molecule has 1 saturated heterocycles. The highest BCUT2D eigenvalue weighted by molar-refractivity contribution is 7.88. The van der Waals surface area contributed by atoms with E-state index in [-0.39, 0.29) is 11.6 Å². The molecule has 126 valence electrons. The number of fused-ring (bicyclic) bond motifs is 1. The maximum atomic E-state index is 13.7. The first-order valence-electron chi connectivity index (χ1n) is 7.19. The summed E-state index contributed by atoms with van der Waals surface area (Å²) in [6.07, 6.45) is 2.55. The number of halogens is 2. The van der Waals surface area contributed by atoms with Gasteiger partial charge in [0.05, 0.1) is 11.0 Å². The second-order valence-electron chi connectivity index (χ2n) is 5.73. The summed E-state index contributed by atoms with van der Waals surface area (Å²) in [7, 11) is -1.62. The number of aromatic nitrogens is 1. The van der Waals surface area contributed by atoms with Crippen molar-refractivity contribution >= 4 is 36.7 Å². The lowest BCUT2D eigenvalue weighted by Gasteiger charge is -2.35. The number of benzene rings is 1. The highest BCUT2D eigenvalue weighted by Gasteiger charge is 2.28. The molecule has 0 spiro atoms. The van der Waals surface area contributed by atoms with E-state index in [0.29, 0.717) is 35.8 Å². The lowest BCUT2D eigenvalue weighted by atomic mass is 10.1. The molecule has 0 amide bonds. The Hall–Kier alpha value is -1.32. The first kappa shape index (κ1) is 16.5. The summed E-state index contributed by atoms with van der Waals surface area (Å²) >= 11 is 1.25. The van der Waals surface area contributed by atoms with Gasteiger partial charge in [0.2, 0.25) is 10.0 Å². The van der Waals surface area contributed by atoms with E-state index >= 15 is 0 Å². The molecule has 9 heteroatoms. The van der Waals surface area contributed by atoms with Gasteiger partial charge in [0.1, 0.15) is 11.3 Å². The summed E-state index contributed by atoms with van der Waals surface area (Å²) in [4.78, 5) is 6.26. The Bertz CT molecular complexity index is 830. The van der Waals surface area contributed by atoms with Crippen molar-refractivity contribution in [1.82, 2.24) is 9.29 Å². The second-order valence-corrected chi connectivity index (χ2v) is 8.78. The molecule has 0 aliphatic carbocycles. The summed E-state index contributed by atoms with van der Waals surface area (Å²) < 4.78 is 52.1. The van der Waals surface area contributed by atoms with Gasteiger partial charge in [-0.3, -0.25) is 0 Å². The molecule has 1 aromatic heterocycles. The summed E-state index contributed by atoms with van der Waals surface area (Å²) in [5, 5.41) is 0.643. The monoisotopic (exact) mass is 361 g/mol. The van der Waals surface area contributed by atoms with Crippen molar-refractivity contribution in [2.24, 2.45) is 0 Å². The van der Waals surface area contributed by atoms with Gasteiger partial charge in [-0.25, -0.2) is 26.5 Å². The van der Waals surface area contributed by atoms with Crippen LogP contribution in [-0.2, 0) is 10.0 Å². The van der Waals surface area contributed by atoms with Crippen LogP contribution in [0.15, 0.2) is 12.1 Å². The van der Waals surface area contributed by atoms with Crippen LogP contribution >= 0.6 is 11.3 Å². The van der Waals surface area contributed by atoms with Crippen LogP contribution in [0.4, 0.5) is 13.9 Å². The van der Waals surface area contributed by atoms with Crippen molar-refractivity contribution in [1.29, 1.82) is 0 Å². The van der Waals surface area contributed by atoms with Crippen molar-refractivity contribution in [2.75, 3.05) is 31.3 Å². The third-order valence-corrected chi connectivity index (χ3v) is 6.58. The number of rotatable bonds is 3. The van der Waals surface area contributed by atoms with Gasteiger partial charge in [0.15, 0.2) is 10.9 Å². The molecular weight excluding hydrogens is 344 g/mol. The van der Waals surface area contributed by atoms with Gasteiger partial charge in [-0.05, 0) is 18.9 Å². The summed E-state index contributed by atoms with van der Waals surface area (Å²) in [5.41, 5.74) is 0.182. The Kier molecular flexibility index (Phi) is 4.28. The Morgan fingerprint density at radius 3 is 2.57 bits per heavy atom. The topological polar surface area (TPSA) is 53.5 Å². The van der Waals surface area contributed by atoms with Crippen molar-refractivity contribution in [3.05, 3.63) is 23.8 Å². The molecule has 0 saturated carbocycles. The molecule has 1 fully saturated rings. The van der Waals surface area contributed by atoms with Gasteiger partial charge in [0, 0.05) is 32.2 Å². The van der Waals surface area contributed by atoms with Crippen LogP contribution in [0.5, 0.6) is 0 Å². The number of hydrogen-bond acceptors (Lipinski definition) is 5. The first-order chi connectivity index (χ1) is 10.8. The number of sulfonamides is 1. The zero-order valence-corrected chi connectivity index (χ0v) is 14.4. The quantitative estimate of drug-likeness (QED) is 0.843. The van der Waals surface area contributed by atoms with Crippen LogP contribution in [0, 0.1) is 11.6 Å². The molecule has 1 aliphatic heterocycles. The zero-order chi connectivity index (χ0) is 16.8. The SMILES string of the molecule is CN(C1CCN(c2nc3c(F)cc(F)cc3s2)CC1)S(C)(=O)=O. The Morgan fingerprint density at radius 2 is 1.96 bits per heavy atom. The fourth-order valence-corrected chi connectivity index (χ4v) is 4.58. The molecule has 1 aromatic carbocycles. The molecule has 0 unspecified atom stereocenters. The van der Waals surface area contributed by atoms with Crippen LogP contribution in [0.3, 0.4) is 0 Å². The van der Waals surface area contributed by atoms with E-state index in [2.05, 4.69) is 4.98 Å². The smallest absolute Gasteiger partial charge is 0.211 e. The molecule has 0 N–H and O–H groups in total. The van der Waals surface area contributed by atoms with E-state index in [4.69, 9.17) is 0 Å². The van der Waals surface area contributed by atoms with Gasteiger partial charge in [-0.1, -0.05) is 11.3 Å². The number of hydrogen-bond donors (Lipinski definition) is 0. The van der Waals surface area contributed by atoms with Crippen LogP contribution in [0.2, 0.25) is 0 Å². The minimum atomic E-state index is -3.20. The van der Waals surface area contributed by atoms with Crippen molar-refractivity contribution in [3.8, 4) is 0 Å². The van der Waals surface area contributed by atoms with Crippen LogP contribution in [-0.4, -0.2) is 50.1 Å². The highest BCUT2D eigenvalue weighted by atomic mass is 32.2. The molecule has 5 nitrogen and oxygen atoms in total. The third-order valence-electron chi connectivity index (χ3n) is 4.17. The zero-order valence-electron chi connectivity index (χ0n) is 12.8. The summed E-state index contributed by atoms with van der Waals surface area (Å²) in [6, 6.07) is 2.08. The lowest BCUT2D eigenvalue weighted by Crippen LogP contribution is -2.45. The van der Waals surface area contributed by atoms with Crippen LogP contribution in [0.25, 0.3) is 10.2 Å². The Balaban J connectivity index is 1.77. The van der Waals surface area contributed by atoms with E-state index in [0.717, 1.165) is 6.07 Å². The normalized spacial score (nSPS) is 17.3. The predicted molar refractivity (Wildman–Crippen MR) is 87.4 cm³/mol. The maximum Gasteiger partial charge on any atom is 0.211 e. The van der Waals surface area contributed by atoms with Gasteiger partial charge in [-0.15, -0.1) is 0 Å². The Labute approximate surface area is 137 Å². The minimum absolute atomic E-state index is 0.0372. The number of anilines is 1. The second kappa shape index (κ2) is 5.95. The van der Waals surface area contributed by atoms with E-state index in [1.54, 1.807) is 7.05 Å². The number of thiazole rings is 1. The molecule has 23 heavy (non-hydrogen) atoms. The predicted octanol–water partition coefficient (Wildman–Crippen LogP) is 2.43. The van der Waals surface area contributed by atoms with Crippen molar-refractivity contribution in [2.45, 2.75) is 18.9 Å². The third kappa shape index (κ3) is 3.31. The lowest BCUT2D eigenvalue weighted by molar-refractivity contribution is 0.314. The molecule has 3 rings (SSSR count). The fourth-order valence-electron chi connectivity index (χ4n) is 2.77. The highest BCUT2D eigenvalue weighted by Crippen LogP contribution is 2.33. The van der Waals surface area contributed by atoms with E-state index in [1.807, 2.05) is 4.90 Å². The van der Waals surface area contributed by atoms with E-state index < -0.39 is 21.7 Å². The van der Waals surface area contributed by atoms with Gasteiger partial charge < -0.3 is 4.90 Å². The van der Waals surface area contributed by atoms with Crippen LogP contribution in [0.1, 0.15) is 12.8 Å². The molecule has 1 aliphatic rings. The molecule has 0 radical (unpaired) electrons. The van der Waals surface area contributed by atoms with Gasteiger partial charge >= 0.3 is 0 Å². The van der Waals surface area contributed by atoms with Gasteiger partial charge in [0.25, 0.3) is 0 Å². The fraction of sp³-hybridized carbons (Fsp3) is 0.500. The van der Waals surface area contributed by atoms with Gasteiger partial charge in [-0.2, -0.15) is 0 Å². The van der Waals surface area contributed by atoms with E-state index in [9.17, 15) is 17.2 Å². The average Bonchev–Trinajstić information content (AvgIpc) is 2.90. The minimum Gasteiger partial charge on any atom is -0.348 e. The molecule has 0 atom stereocenters. The molecule has 2 aromatic rings. The Morgan fingerprint density at radius 1 is 1.30 bits per heavy atom. The maximum absolute atomic E-state index is 13.7. The standard InChI is InChI=1S/C14H17F2N3O2S2/c1-18(23(2,20)21)10-3-5-19(6-4-10)14-17-13-11(16)7-9(15)8-12(13)22-14/h7-8,10H,3-6H2,1-2H3. The first-order valence-corrected chi connectivity index (χ1v) is 9.86. The van der Waals surface area contributed by atoms with Crippen molar-refractivity contribution in [3.63, 3.8) is 0 Å². The van der Waals surface area contributed by atoms with Crippen LogP contribution < -0.4 is 4.90 Å². The van der Waals surface area contributed by atoms with E-state index in [1.165, 1.54) is 28.0 Å². The molecule has 2 heterocycles. The average molecular weight is 361 g/mol.